The quantitative estimate of drug-likeness (QED) is 0.678. The minimum atomic E-state index is -3.29. The molecular formula is C26H32N4O4S. The number of hydrogen-bond donors (Lipinski definition) is 2. The lowest BCUT2D eigenvalue weighted by atomic mass is 9.94. The third kappa shape index (κ3) is 4.48. The fourth-order valence-electron chi connectivity index (χ4n) is 5.74. The highest BCUT2D eigenvalue weighted by molar-refractivity contribution is 7.90. The molecule has 0 saturated carbocycles. The molecule has 2 aromatic carbocycles. The van der Waals surface area contributed by atoms with Crippen LogP contribution in [0.2, 0.25) is 0 Å². The Morgan fingerprint density at radius 3 is 2.40 bits per heavy atom. The van der Waals surface area contributed by atoms with E-state index < -0.39 is 9.84 Å². The van der Waals surface area contributed by atoms with Crippen molar-refractivity contribution in [3.05, 3.63) is 42.5 Å². The Labute approximate surface area is 206 Å². The first-order valence-corrected chi connectivity index (χ1v) is 14.1. The number of carbonyl (C=O) groups excluding carboxylic acids is 2. The zero-order valence-electron chi connectivity index (χ0n) is 20.3. The average Bonchev–Trinajstić information content (AvgIpc) is 3.26. The summed E-state index contributed by atoms with van der Waals surface area (Å²) < 4.78 is 23.7. The first kappa shape index (κ1) is 24.0. The number of sulfone groups is 1. The minimum Gasteiger partial charge on any atom is -0.307 e. The molecule has 2 saturated heterocycles. The highest BCUT2D eigenvalue weighted by Crippen LogP contribution is 2.40. The van der Waals surface area contributed by atoms with Crippen molar-refractivity contribution in [3.8, 4) is 11.1 Å². The minimum absolute atomic E-state index is 0.0297. The van der Waals surface area contributed by atoms with Crippen LogP contribution in [0, 0.1) is 5.92 Å². The standard InChI is InChI=1S/C26H32N4O4S/c1-16-15-29(26(32)22-13-20-5-4-12-27-25(20)28-22)24-14-19(8-11-23(24)30(16)17(2)31)18-6-9-21(10-7-18)35(3,33)34/h6-11,14,16,20,22,25,27-28H,4-5,12-13,15H2,1-3H3/t16-,20?,22?,25?/m0/s1. The summed E-state index contributed by atoms with van der Waals surface area (Å²) in [5, 5.41) is 6.98. The van der Waals surface area contributed by atoms with Crippen LogP contribution in [0.5, 0.6) is 0 Å². The van der Waals surface area contributed by atoms with E-state index in [1.54, 1.807) is 36.1 Å². The summed E-state index contributed by atoms with van der Waals surface area (Å²) >= 11 is 0. The van der Waals surface area contributed by atoms with Crippen molar-refractivity contribution in [1.29, 1.82) is 0 Å². The highest BCUT2D eigenvalue weighted by Gasteiger charge is 2.42. The smallest absolute Gasteiger partial charge is 0.244 e. The lowest BCUT2D eigenvalue weighted by molar-refractivity contribution is -0.121. The van der Waals surface area contributed by atoms with Gasteiger partial charge in [0.15, 0.2) is 9.84 Å². The molecule has 8 nitrogen and oxygen atoms in total. The van der Waals surface area contributed by atoms with Gasteiger partial charge in [-0.2, -0.15) is 0 Å². The fourth-order valence-corrected chi connectivity index (χ4v) is 6.37. The second-order valence-corrected chi connectivity index (χ2v) is 12.0. The molecule has 186 valence electrons. The SMILES string of the molecule is CC(=O)N1c2ccc(-c3ccc(S(C)(=O)=O)cc3)cc2N(C(=O)C2CC3CCCNC3N2)C[C@@H]1C. The Hall–Kier alpha value is -2.75. The summed E-state index contributed by atoms with van der Waals surface area (Å²) in [6, 6.07) is 12.0. The predicted octanol–water partition coefficient (Wildman–Crippen LogP) is 2.53. The van der Waals surface area contributed by atoms with Crippen molar-refractivity contribution in [1.82, 2.24) is 10.6 Å². The van der Waals surface area contributed by atoms with E-state index in [1.807, 2.05) is 30.0 Å². The number of benzene rings is 2. The highest BCUT2D eigenvalue weighted by atomic mass is 32.2. The van der Waals surface area contributed by atoms with Gasteiger partial charge >= 0.3 is 0 Å². The Morgan fingerprint density at radius 2 is 1.74 bits per heavy atom. The number of carbonyl (C=O) groups is 2. The molecule has 3 aliphatic rings. The molecule has 0 radical (unpaired) electrons. The third-order valence-corrected chi connectivity index (χ3v) is 8.57. The van der Waals surface area contributed by atoms with E-state index in [9.17, 15) is 18.0 Å². The number of nitrogens with zero attached hydrogens (tertiary/aromatic N) is 2. The topological polar surface area (TPSA) is 98.8 Å². The number of fused-ring (bicyclic) bond motifs is 2. The molecule has 5 rings (SSSR count). The van der Waals surface area contributed by atoms with Crippen LogP contribution in [-0.2, 0) is 19.4 Å². The van der Waals surface area contributed by atoms with Gasteiger partial charge in [0.1, 0.15) is 0 Å². The van der Waals surface area contributed by atoms with Crippen LogP contribution in [0.1, 0.15) is 33.1 Å². The number of piperidine rings is 1. The molecule has 0 aromatic heterocycles. The van der Waals surface area contributed by atoms with Crippen molar-refractivity contribution in [2.75, 3.05) is 29.1 Å². The monoisotopic (exact) mass is 496 g/mol. The summed E-state index contributed by atoms with van der Waals surface area (Å²) in [4.78, 5) is 30.1. The largest absolute Gasteiger partial charge is 0.307 e. The molecule has 2 amide bonds. The zero-order chi connectivity index (χ0) is 24.9. The second-order valence-electron chi connectivity index (χ2n) is 9.98. The Morgan fingerprint density at radius 1 is 1.03 bits per heavy atom. The van der Waals surface area contributed by atoms with Crippen molar-refractivity contribution in [3.63, 3.8) is 0 Å². The van der Waals surface area contributed by atoms with Crippen molar-refractivity contribution >= 4 is 33.0 Å². The van der Waals surface area contributed by atoms with Crippen LogP contribution >= 0.6 is 0 Å². The Balaban J connectivity index is 1.51. The molecular weight excluding hydrogens is 464 g/mol. The second kappa shape index (κ2) is 9.04. The summed E-state index contributed by atoms with van der Waals surface area (Å²) in [5.41, 5.74) is 3.12. The van der Waals surface area contributed by atoms with E-state index in [-0.39, 0.29) is 35.0 Å². The molecule has 2 N–H and O–H groups in total. The van der Waals surface area contributed by atoms with Gasteiger partial charge in [-0.05, 0) is 74.0 Å². The van der Waals surface area contributed by atoms with E-state index >= 15 is 0 Å². The molecule has 3 unspecified atom stereocenters. The van der Waals surface area contributed by atoms with Crippen molar-refractivity contribution in [2.24, 2.45) is 5.92 Å². The van der Waals surface area contributed by atoms with Crippen LogP contribution in [0.15, 0.2) is 47.4 Å². The fraction of sp³-hybridized carbons (Fsp3) is 0.462. The number of anilines is 2. The van der Waals surface area contributed by atoms with Gasteiger partial charge < -0.3 is 15.1 Å². The van der Waals surface area contributed by atoms with E-state index in [0.29, 0.717) is 18.2 Å². The maximum absolute atomic E-state index is 13.8. The Kier molecular flexibility index (Phi) is 6.19. The maximum Gasteiger partial charge on any atom is 0.244 e. The van der Waals surface area contributed by atoms with E-state index in [1.165, 1.54) is 6.26 Å². The maximum atomic E-state index is 13.8. The molecule has 3 heterocycles. The van der Waals surface area contributed by atoms with Crippen LogP contribution in [-0.4, -0.2) is 57.8 Å². The van der Waals surface area contributed by atoms with Gasteiger partial charge in [-0.25, -0.2) is 8.42 Å². The first-order chi connectivity index (χ1) is 16.6. The van der Waals surface area contributed by atoms with Crippen molar-refractivity contribution < 1.29 is 18.0 Å². The van der Waals surface area contributed by atoms with E-state index in [0.717, 1.165) is 42.6 Å². The van der Waals surface area contributed by atoms with Gasteiger partial charge in [0.25, 0.3) is 0 Å². The van der Waals surface area contributed by atoms with Crippen LogP contribution in [0.3, 0.4) is 0 Å². The molecule has 4 atom stereocenters. The number of amides is 2. The lowest BCUT2D eigenvalue weighted by Crippen LogP contribution is -2.56. The van der Waals surface area contributed by atoms with Crippen molar-refractivity contribution in [2.45, 2.75) is 56.3 Å². The molecule has 3 aliphatic heterocycles. The van der Waals surface area contributed by atoms with Crippen LogP contribution < -0.4 is 20.4 Å². The van der Waals surface area contributed by atoms with Gasteiger partial charge in [-0.3, -0.25) is 14.9 Å². The summed E-state index contributed by atoms with van der Waals surface area (Å²) in [5.74, 6) is 0.417. The molecule has 35 heavy (non-hydrogen) atoms. The molecule has 2 fully saturated rings. The van der Waals surface area contributed by atoms with E-state index in [4.69, 9.17) is 0 Å². The van der Waals surface area contributed by atoms with Gasteiger partial charge in [0, 0.05) is 19.7 Å². The van der Waals surface area contributed by atoms with Gasteiger partial charge in [-0.1, -0.05) is 18.2 Å². The van der Waals surface area contributed by atoms with Crippen LogP contribution in [0.4, 0.5) is 11.4 Å². The van der Waals surface area contributed by atoms with Crippen LogP contribution in [0.25, 0.3) is 11.1 Å². The third-order valence-electron chi connectivity index (χ3n) is 7.44. The lowest BCUT2D eigenvalue weighted by Gasteiger charge is -2.41. The molecule has 0 bridgehead atoms. The van der Waals surface area contributed by atoms with Gasteiger partial charge in [-0.15, -0.1) is 0 Å². The predicted molar refractivity (Wildman–Crippen MR) is 136 cm³/mol. The number of nitrogens with one attached hydrogen (secondary N) is 2. The molecule has 0 spiro atoms. The summed E-state index contributed by atoms with van der Waals surface area (Å²) in [6.45, 7) is 4.90. The molecule has 0 aliphatic carbocycles. The normalized spacial score (nSPS) is 26.3. The first-order valence-electron chi connectivity index (χ1n) is 12.2. The number of rotatable bonds is 3. The summed E-state index contributed by atoms with van der Waals surface area (Å²) in [6.07, 6.45) is 4.41. The Bertz CT molecular complexity index is 1250. The zero-order valence-corrected chi connectivity index (χ0v) is 21.1. The molecule has 2 aromatic rings. The van der Waals surface area contributed by atoms with Gasteiger partial charge in [0.2, 0.25) is 11.8 Å². The summed E-state index contributed by atoms with van der Waals surface area (Å²) in [7, 11) is -3.29. The van der Waals surface area contributed by atoms with Gasteiger partial charge in [0.05, 0.1) is 34.5 Å². The van der Waals surface area contributed by atoms with E-state index in [2.05, 4.69) is 10.6 Å². The number of hydrogen-bond acceptors (Lipinski definition) is 6. The molecule has 9 heteroatoms. The average molecular weight is 497 g/mol.